The molecule has 0 amide bonds. The van der Waals surface area contributed by atoms with Crippen molar-refractivity contribution in [3.8, 4) is 12.3 Å². The number of rotatable bonds is 5. The Bertz CT molecular complexity index is 490. The number of nitrogens with zero attached hydrogens (tertiary/aromatic N) is 4. The minimum absolute atomic E-state index is 0.115. The van der Waals surface area contributed by atoms with E-state index >= 15 is 0 Å². The number of benzene rings is 1. The molecule has 1 aromatic carbocycles. The number of azide groups is 1. The van der Waals surface area contributed by atoms with Crippen molar-refractivity contribution in [2.24, 2.45) is 5.11 Å². The van der Waals surface area contributed by atoms with E-state index in [1.807, 2.05) is 18.2 Å². The van der Waals surface area contributed by atoms with Crippen LogP contribution >= 0.6 is 0 Å². The molecule has 19 heavy (non-hydrogen) atoms. The molecule has 0 spiro atoms. The lowest BCUT2D eigenvalue weighted by Gasteiger charge is -2.15. The molecule has 1 aromatic rings. The molecule has 1 saturated heterocycles. The number of terminal acetylenes is 1. The third-order valence-corrected chi connectivity index (χ3v) is 3.14. The minimum Gasteiger partial charge on any atom is -0.364 e. The second kappa shape index (κ2) is 6.81. The number of likely N-dealkylation sites (tertiary alicyclic amines) is 1. The Morgan fingerprint density at radius 3 is 2.89 bits per heavy atom. The molecule has 5 heteroatoms. The molecule has 1 aliphatic rings. The Labute approximate surface area is 112 Å². The van der Waals surface area contributed by atoms with Crippen molar-refractivity contribution in [2.45, 2.75) is 18.7 Å². The van der Waals surface area contributed by atoms with Crippen LogP contribution in [0, 0.1) is 12.3 Å². The van der Waals surface area contributed by atoms with Crippen molar-refractivity contribution in [1.29, 1.82) is 0 Å². The molecule has 2 rings (SSSR count). The highest BCUT2D eigenvalue weighted by Crippen LogP contribution is 2.19. The van der Waals surface area contributed by atoms with Crippen LogP contribution in [0.1, 0.15) is 5.56 Å². The molecule has 0 aromatic heterocycles. The van der Waals surface area contributed by atoms with Gasteiger partial charge in [-0.05, 0) is 11.1 Å². The molecule has 2 atom stereocenters. The smallest absolute Gasteiger partial charge is 0.107 e. The zero-order valence-corrected chi connectivity index (χ0v) is 10.6. The average molecular weight is 256 g/mol. The van der Waals surface area contributed by atoms with Gasteiger partial charge in [0.2, 0.25) is 0 Å². The maximum atomic E-state index is 8.59. The summed E-state index contributed by atoms with van der Waals surface area (Å²) in [5.41, 5.74) is 9.83. The highest BCUT2D eigenvalue weighted by atomic mass is 16.5. The van der Waals surface area contributed by atoms with E-state index in [1.165, 1.54) is 5.56 Å². The molecule has 0 saturated carbocycles. The maximum absolute atomic E-state index is 8.59. The van der Waals surface area contributed by atoms with Crippen LogP contribution in [0.25, 0.3) is 10.4 Å². The molecule has 1 heterocycles. The van der Waals surface area contributed by atoms with Gasteiger partial charge in [-0.25, -0.2) is 0 Å². The Morgan fingerprint density at radius 1 is 1.42 bits per heavy atom. The van der Waals surface area contributed by atoms with Gasteiger partial charge in [-0.2, -0.15) is 0 Å². The van der Waals surface area contributed by atoms with Crippen LogP contribution in [0.3, 0.4) is 0 Å². The van der Waals surface area contributed by atoms with Gasteiger partial charge in [0.25, 0.3) is 0 Å². The molecular formula is C14H16N4O. The average Bonchev–Trinajstić information content (AvgIpc) is 2.80. The van der Waals surface area contributed by atoms with E-state index in [9.17, 15) is 0 Å². The second-order valence-electron chi connectivity index (χ2n) is 4.51. The summed E-state index contributed by atoms with van der Waals surface area (Å²) in [7, 11) is 0. The molecule has 1 unspecified atom stereocenters. The largest absolute Gasteiger partial charge is 0.364 e. The topological polar surface area (TPSA) is 61.2 Å². The maximum Gasteiger partial charge on any atom is 0.107 e. The molecule has 1 fully saturated rings. The molecule has 0 aliphatic carbocycles. The molecule has 1 aliphatic heterocycles. The lowest BCUT2D eigenvalue weighted by atomic mass is 10.2. The van der Waals surface area contributed by atoms with Crippen LogP contribution in [-0.4, -0.2) is 36.7 Å². The summed E-state index contributed by atoms with van der Waals surface area (Å²) in [6, 6.07) is 10.0. The van der Waals surface area contributed by atoms with E-state index in [1.54, 1.807) is 0 Å². The Balaban J connectivity index is 1.97. The van der Waals surface area contributed by atoms with E-state index < -0.39 is 0 Å². The quantitative estimate of drug-likeness (QED) is 0.351. The fourth-order valence-corrected chi connectivity index (χ4v) is 2.30. The summed E-state index contributed by atoms with van der Waals surface area (Å²) in [4.78, 5) is 5.10. The van der Waals surface area contributed by atoms with Gasteiger partial charge in [-0.1, -0.05) is 41.4 Å². The number of hydrogen-bond donors (Lipinski definition) is 0. The van der Waals surface area contributed by atoms with Gasteiger partial charge in [0.1, 0.15) is 6.61 Å². The normalized spacial score (nSPS) is 22.7. The lowest BCUT2D eigenvalue weighted by molar-refractivity contribution is 0.0743. The summed E-state index contributed by atoms with van der Waals surface area (Å²) >= 11 is 0. The summed E-state index contributed by atoms with van der Waals surface area (Å²) in [6.45, 7) is 2.52. The zero-order chi connectivity index (χ0) is 13.5. The van der Waals surface area contributed by atoms with Crippen LogP contribution in [-0.2, 0) is 11.3 Å². The minimum atomic E-state index is -0.165. The Kier molecular flexibility index (Phi) is 4.82. The Hall–Kier alpha value is -1.99. The summed E-state index contributed by atoms with van der Waals surface area (Å²) in [6.07, 6.45) is 5.08. The fourth-order valence-electron chi connectivity index (χ4n) is 2.30. The van der Waals surface area contributed by atoms with Crippen molar-refractivity contribution < 1.29 is 4.74 Å². The van der Waals surface area contributed by atoms with Gasteiger partial charge in [-0.15, -0.1) is 6.42 Å². The lowest BCUT2D eigenvalue weighted by Crippen LogP contribution is -2.25. The molecule has 98 valence electrons. The van der Waals surface area contributed by atoms with Crippen molar-refractivity contribution in [2.75, 3.05) is 19.7 Å². The first-order valence-corrected chi connectivity index (χ1v) is 6.19. The van der Waals surface area contributed by atoms with Crippen molar-refractivity contribution >= 4 is 0 Å². The first-order valence-electron chi connectivity index (χ1n) is 6.19. The van der Waals surface area contributed by atoms with E-state index in [0.29, 0.717) is 6.54 Å². The van der Waals surface area contributed by atoms with Gasteiger partial charge in [-0.3, -0.25) is 4.90 Å². The van der Waals surface area contributed by atoms with E-state index in [-0.39, 0.29) is 18.8 Å². The van der Waals surface area contributed by atoms with Crippen LogP contribution in [0.2, 0.25) is 0 Å². The van der Waals surface area contributed by atoms with Crippen LogP contribution < -0.4 is 0 Å². The first-order chi connectivity index (χ1) is 9.33. The predicted molar refractivity (Wildman–Crippen MR) is 73.2 cm³/mol. The SMILES string of the molecule is C#CCOC1CN(Cc2ccccc2)C[C@H]1N=[N+]=[N-]. The monoisotopic (exact) mass is 256 g/mol. The third kappa shape index (κ3) is 3.73. The van der Waals surface area contributed by atoms with Crippen LogP contribution in [0.4, 0.5) is 0 Å². The number of ether oxygens (including phenoxy) is 1. The van der Waals surface area contributed by atoms with Gasteiger partial charge in [0.05, 0.1) is 12.1 Å². The van der Waals surface area contributed by atoms with Crippen molar-refractivity contribution in [3.05, 3.63) is 46.3 Å². The Morgan fingerprint density at radius 2 is 2.21 bits per heavy atom. The highest BCUT2D eigenvalue weighted by Gasteiger charge is 2.32. The van der Waals surface area contributed by atoms with Gasteiger partial charge in [0, 0.05) is 24.5 Å². The standard InChI is InChI=1S/C14H16N4O/c1-2-8-19-14-11-18(10-13(14)16-17-15)9-12-6-4-3-5-7-12/h1,3-7,13-14H,8-11H2/t13-,14?/m1/s1. The summed E-state index contributed by atoms with van der Waals surface area (Å²) in [5.74, 6) is 2.45. The summed E-state index contributed by atoms with van der Waals surface area (Å²) < 4.78 is 5.54. The zero-order valence-electron chi connectivity index (χ0n) is 10.6. The van der Waals surface area contributed by atoms with Crippen LogP contribution in [0.5, 0.6) is 0 Å². The molecular weight excluding hydrogens is 240 g/mol. The molecule has 0 radical (unpaired) electrons. The fraction of sp³-hybridized carbons (Fsp3) is 0.429. The van der Waals surface area contributed by atoms with Gasteiger partial charge < -0.3 is 4.74 Å². The van der Waals surface area contributed by atoms with E-state index in [2.05, 4.69) is 33.0 Å². The van der Waals surface area contributed by atoms with Gasteiger partial charge in [0.15, 0.2) is 0 Å². The van der Waals surface area contributed by atoms with Gasteiger partial charge >= 0.3 is 0 Å². The van der Waals surface area contributed by atoms with E-state index in [0.717, 1.165) is 13.1 Å². The molecule has 0 N–H and O–H groups in total. The van der Waals surface area contributed by atoms with E-state index in [4.69, 9.17) is 16.7 Å². The third-order valence-electron chi connectivity index (χ3n) is 3.14. The highest BCUT2D eigenvalue weighted by molar-refractivity contribution is 5.15. The molecule has 0 bridgehead atoms. The molecule has 5 nitrogen and oxygen atoms in total. The predicted octanol–water partition coefficient (Wildman–Crippen LogP) is 2.20. The second-order valence-corrected chi connectivity index (χ2v) is 4.51. The summed E-state index contributed by atoms with van der Waals surface area (Å²) in [5, 5.41) is 3.80. The first kappa shape index (κ1) is 13.4. The van der Waals surface area contributed by atoms with Crippen molar-refractivity contribution in [1.82, 2.24) is 4.90 Å². The number of hydrogen-bond acceptors (Lipinski definition) is 3. The van der Waals surface area contributed by atoms with Crippen molar-refractivity contribution in [3.63, 3.8) is 0 Å². The van der Waals surface area contributed by atoms with Crippen LogP contribution in [0.15, 0.2) is 35.4 Å².